The van der Waals surface area contributed by atoms with Gasteiger partial charge < -0.3 is 5.11 Å². The Labute approximate surface area is 77.2 Å². The Balaban J connectivity index is 2.78. The Morgan fingerprint density at radius 3 is 2.17 bits per heavy atom. The van der Waals surface area contributed by atoms with Crippen LogP contribution in [0.3, 0.4) is 0 Å². The average molecular weight is 186 g/mol. The Bertz CT molecular complexity index is 162. The van der Waals surface area contributed by atoms with Crippen LogP contribution in [0.15, 0.2) is 0 Å². The Kier molecular flexibility index (Phi) is 2.69. The summed E-state index contributed by atoms with van der Waals surface area (Å²) in [5, 5.41) is 9.84. The fraction of sp³-hybridized carbons (Fsp3) is 1.00. The van der Waals surface area contributed by atoms with Gasteiger partial charge in [-0.1, -0.05) is 33.0 Å². The summed E-state index contributed by atoms with van der Waals surface area (Å²) >= 11 is 0. The number of hydrogen-bond acceptors (Lipinski definition) is 1. The molecule has 0 aromatic heterocycles. The van der Waals surface area contributed by atoms with Crippen LogP contribution in [0.2, 0.25) is 24.7 Å². The lowest BCUT2D eigenvalue weighted by Gasteiger charge is -2.39. The van der Waals surface area contributed by atoms with Crippen LogP contribution in [-0.2, 0) is 0 Å². The molecule has 1 saturated carbocycles. The van der Waals surface area contributed by atoms with E-state index in [4.69, 9.17) is 0 Å². The van der Waals surface area contributed by atoms with E-state index in [1.165, 1.54) is 19.3 Å². The molecule has 1 fully saturated rings. The fourth-order valence-electron chi connectivity index (χ4n) is 2.46. The average Bonchev–Trinajstić information content (AvgIpc) is 2.31. The number of hydrogen-bond donors (Lipinski definition) is 1. The molecule has 0 unspecified atom stereocenters. The van der Waals surface area contributed by atoms with Gasteiger partial charge in [0.25, 0.3) is 0 Å². The molecule has 0 spiro atoms. The van der Waals surface area contributed by atoms with Crippen molar-refractivity contribution < 1.29 is 5.11 Å². The smallest absolute Gasteiger partial charge is 0.0534 e. The Morgan fingerprint density at radius 2 is 2.00 bits per heavy atom. The van der Waals surface area contributed by atoms with E-state index in [0.29, 0.717) is 11.6 Å². The van der Waals surface area contributed by atoms with Crippen molar-refractivity contribution in [1.82, 2.24) is 0 Å². The standard InChI is InChI=1S/C10H22OSi/c1-9-5-6-10(7-9,8-11)12(2,3)4/h9,11H,5-8H2,1-4H3/t9-,10-/m1/s1. The molecule has 0 heterocycles. The van der Waals surface area contributed by atoms with Gasteiger partial charge in [-0.05, 0) is 23.8 Å². The quantitative estimate of drug-likeness (QED) is 0.658. The molecule has 1 nitrogen and oxygen atoms in total. The van der Waals surface area contributed by atoms with Crippen molar-refractivity contribution in [2.75, 3.05) is 6.61 Å². The third-order valence-electron chi connectivity index (χ3n) is 3.75. The van der Waals surface area contributed by atoms with Crippen molar-refractivity contribution in [2.24, 2.45) is 5.92 Å². The summed E-state index contributed by atoms with van der Waals surface area (Å²) in [5.74, 6) is 0.837. The van der Waals surface area contributed by atoms with Crippen LogP contribution in [0, 0.1) is 5.92 Å². The first-order valence-corrected chi connectivity index (χ1v) is 8.52. The number of aliphatic hydroxyl groups excluding tert-OH is 1. The van der Waals surface area contributed by atoms with Crippen LogP contribution in [0.25, 0.3) is 0 Å². The fourth-order valence-corrected chi connectivity index (χ4v) is 4.79. The zero-order valence-electron chi connectivity index (χ0n) is 8.85. The van der Waals surface area contributed by atoms with Gasteiger partial charge in [0.2, 0.25) is 0 Å². The lowest BCUT2D eigenvalue weighted by Crippen LogP contribution is -2.40. The predicted octanol–water partition coefficient (Wildman–Crippen LogP) is 2.88. The molecule has 0 amide bonds. The van der Waals surface area contributed by atoms with Gasteiger partial charge >= 0.3 is 0 Å². The predicted molar refractivity (Wildman–Crippen MR) is 56.1 cm³/mol. The zero-order valence-corrected chi connectivity index (χ0v) is 9.85. The summed E-state index contributed by atoms with van der Waals surface area (Å²) in [6, 6.07) is 0. The molecule has 1 N–H and O–H groups in total. The van der Waals surface area contributed by atoms with E-state index < -0.39 is 8.07 Å². The van der Waals surface area contributed by atoms with Crippen LogP contribution in [0.4, 0.5) is 0 Å². The normalized spacial score (nSPS) is 37.2. The SMILES string of the molecule is C[C@@H]1CC[C@@](CO)([Si](C)(C)C)C1. The summed E-state index contributed by atoms with van der Waals surface area (Å²) in [6.07, 6.45) is 3.85. The van der Waals surface area contributed by atoms with Crippen LogP contribution >= 0.6 is 0 Å². The molecule has 0 aromatic rings. The molecule has 0 saturated heterocycles. The second kappa shape index (κ2) is 3.15. The van der Waals surface area contributed by atoms with Crippen LogP contribution in [0.1, 0.15) is 26.2 Å². The van der Waals surface area contributed by atoms with Gasteiger partial charge in [-0.2, -0.15) is 0 Å². The highest BCUT2D eigenvalue weighted by Crippen LogP contribution is 2.53. The number of rotatable bonds is 2. The van der Waals surface area contributed by atoms with Crippen molar-refractivity contribution in [3.63, 3.8) is 0 Å². The minimum Gasteiger partial charge on any atom is -0.396 e. The Hall–Kier alpha value is 0.177. The van der Waals surface area contributed by atoms with Crippen molar-refractivity contribution in [2.45, 2.75) is 50.9 Å². The number of aliphatic hydroxyl groups is 1. The van der Waals surface area contributed by atoms with E-state index in [9.17, 15) is 5.11 Å². The zero-order chi connectivity index (χ0) is 9.41. The molecule has 0 aromatic carbocycles. The minimum atomic E-state index is -1.17. The van der Waals surface area contributed by atoms with Gasteiger partial charge in [0.1, 0.15) is 0 Å². The van der Waals surface area contributed by atoms with E-state index >= 15 is 0 Å². The molecule has 1 aliphatic rings. The maximum atomic E-state index is 9.50. The molecule has 12 heavy (non-hydrogen) atoms. The summed E-state index contributed by atoms with van der Waals surface area (Å²) in [4.78, 5) is 0. The molecule has 1 rings (SSSR count). The van der Waals surface area contributed by atoms with E-state index in [1.54, 1.807) is 0 Å². The second-order valence-electron chi connectivity index (χ2n) is 5.54. The lowest BCUT2D eigenvalue weighted by molar-refractivity contribution is 0.231. The largest absolute Gasteiger partial charge is 0.396 e. The summed E-state index contributed by atoms with van der Waals surface area (Å²) in [7, 11) is -1.17. The highest BCUT2D eigenvalue weighted by Gasteiger charge is 2.46. The first kappa shape index (κ1) is 10.3. The van der Waals surface area contributed by atoms with Crippen molar-refractivity contribution in [1.29, 1.82) is 0 Å². The minimum absolute atomic E-state index is 0.340. The lowest BCUT2D eigenvalue weighted by atomic mass is 10.1. The summed E-state index contributed by atoms with van der Waals surface area (Å²) in [5.41, 5.74) is 0. The van der Waals surface area contributed by atoms with Crippen LogP contribution in [0.5, 0.6) is 0 Å². The van der Waals surface area contributed by atoms with Crippen LogP contribution in [-0.4, -0.2) is 19.8 Å². The summed E-state index contributed by atoms with van der Waals surface area (Å²) < 4.78 is 0. The first-order valence-electron chi connectivity index (χ1n) is 5.02. The second-order valence-corrected chi connectivity index (χ2v) is 11.1. The monoisotopic (exact) mass is 186 g/mol. The van der Waals surface area contributed by atoms with E-state index in [-0.39, 0.29) is 0 Å². The highest BCUT2D eigenvalue weighted by atomic mass is 28.3. The third kappa shape index (κ3) is 1.60. The van der Waals surface area contributed by atoms with Crippen LogP contribution < -0.4 is 0 Å². The molecular weight excluding hydrogens is 164 g/mol. The molecule has 2 atom stereocenters. The van der Waals surface area contributed by atoms with Gasteiger partial charge in [-0.3, -0.25) is 0 Å². The summed E-state index contributed by atoms with van der Waals surface area (Å²) in [6.45, 7) is 9.91. The van der Waals surface area contributed by atoms with Gasteiger partial charge in [0, 0.05) is 6.61 Å². The van der Waals surface area contributed by atoms with Crippen molar-refractivity contribution in [3.8, 4) is 0 Å². The Morgan fingerprint density at radius 1 is 1.42 bits per heavy atom. The first-order chi connectivity index (χ1) is 5.41. The topological polar surface area (TPSA) is 20.2 Å². The molecule has 2 heteroatoms. The van der Waals surface area contributed by atoms with Gasteiger partial charge in [-0.25, -0.2) is 0 Å². The maximum Gasteiger partial charge on any atom is 0.0534 e. The molecular formula is C10H22OSi. The van der Waals surface area contributed by atoms with Crippen molar-refractivity contribution >= 4 is 8.07 Å². The molecule has 0 bridgehead atoms. The van der Waals surface area contributed by atoms with Gasteiger partial charge in [0.05, 0.1) is 8.07 Å². The molecule has 1 aliphatic carbocycles. The third-order valence-corrected chi connectivity index (χ3v) is 7.54. The van der Waals surface area contributed by atoms with Gasteiger partial charge in [0.15, 0.2) is 0 Å². The maximum absolute atomic E-state index is 9.50. The molecule has 0 radical (unpaired) electrons. The molecule has 72 valence electrons. The highest BCUT2D eigenvalue weighted by molar-refractivity contribution is 6.79. The molecule has 0 aliphatic heterocycles. The van der Waals surface area contributed by atoms with Crippen molar-refractivity contribution in [3.05, 3.63) is 0 Å². The van der Waals surface area contributed by atoms with E-state index in [1.807, 2.05) is 0 Å². The van der Waals surface area contributed by atoms with E-state index in [2.05, 4.69) is 26.6 Å². The van der Waals surface area contributed by atoms with E-state index in [0.717, 1.165) is 5.92 Å². The van der Waals surface area contributed by atoms with Gasteiger partial charge in [-0.15, -0.1) is 0 Å².